The Morgan fingerprint density at radius 3 is 2.52 bits per heavy atom. The van der Waals surface area contributed by atoms with Gasteiger partial charge in [-0.05, 0) is 31.2 Å². The van der Waals surface area contributed by atoms with Crippen molar-refractivity contribution >= 4 is 57.2 Å². The topological polar surface area (TPSA) is 50.4 Å². The Kier molecular flexibility index (Phi) is 5.29. The predicted octanol–water partition coefficient (Wildman–Crippen LogP) is 4.47. The van der Waals surface area contributed by atoms with Crippen LogP contribution in [-0.2, 0) is 12.8 Å². The molecule has 2 aromatic carbocycles. The molecule has 5 nitrogen and oxygen atoms in total. The molecule has 1 aromatic heterocycles. The van der Waals surface area contributed by atoms with Gasteiger partial charge in [-0.25, -0.2) is 4.68 Å². The van der Waals surface area contributed by atoms with Crippen molar-refractivity contribution in [2.24, 2.45) is 7.05 Å². The van der Waals surface area contributed by atoms with Gasteiger partial charge in [0.05, 0.1) is 22.2 Å². The van der Waals surface area contributed by atoms with Gasteiger partial charge in [-0.3, -0.25) is 14.4 Å². The van der Waals surface area contributed by atoms with Crippen LogP contribution in [0.3, 0.4) is 0 Å². The molecular formula is C20H17Cl2N3O2S2. The highest BCUT2D eigenvalue weighted by molar-refractivity contribution is 8.23. The Bertz CT molecular complexity index is 1180. The highest BCUT2D eigenvalue weighted by Crippen LogP contribution is 2.45. The van der Waals surface area contributed by atoms with Crippen LogP contribution in [0.25, 0.3) is 5.69 Å². The van der Waals surface area contributed by atoms with Crippen molar-refractivity contribution in [2.45, 2.75) is 12.6 Å². The van der Waals surface area contributed by atoms with E-state index in [1.807, 2.05) is 37.3 Å². The van der Waals surface area contributed by atoms with E-state index >= 15 is 0 Å². The van der Waals surface area contributed by atoms with Crippen molar-refractivity contribution in [2.75, 3.05) is 10.7 Å². The number of aromatic nitrogens is 2. The zero-order chi connectivity index (χ0) is 20.9. The number of rotatable bonds is 3. The fourth-order valence-electron chi connectivity index (χ4n) is 3.54. The Morgan fingerprint density at radius 2 is 1.86 bits per heavy atom. The molecule has 1 saturated heterocycles. The molecule has 0 aliphatic carbocycles. The molecule has 29 heavy (non-hydrogen) atoms. The third-order valence-corrected chi connectivity index (χ3v) is 7.12. The van der Waals surface area contributed by atoms with Crippen molar-refractivity contribution < 1.29 is 5.11 Å². The molecule has 2 heterocycles. The van der Waals surface area contributed by atoms with Gasteiger partial charge >= 0.3 is 0 Å². The summed E-state index contributed by atoms with van der Waals surface area (Å²) in [5.41, 5.74) is 0.324. The molecular weight excluding hydrogens is 449 g/mol. The number of anilines is 1. The first-order valence-electron chi connectivity index (χ1n) is 8.74. The molecule has 0 spiro atoms. The SMILES string of the molecule is Cc1c(N2C(=S)SC[C@@]2(O)c2ccc(Cl)cc2Cl)c(=O)n(-c2ccccc2)n1C. The second-order valence-corrected chi connectivity index (χ2v) is 9.19. The summed E-state index contributed by atoms with van der Waals surface area (Å²) in [6.45, 7) is 1.83. The molecule has 1 aliphatic heterocycles. The number of hydrogen-bond donors (Lipinski definition) is 1. The van der Waals surface area contributed by atoms with Gasteiger partial charge in [-0.2, -0.15) is 0 Å². The number of hydrogen-bond acceptors (Lipinski definition) is 4. The first kappa shape index (κ1) is 20.5. The molecule has 0 bridgehead atoms. The number of aliphatic hydroxyl groups is 1. The van der Waals surface area contributed by atoms with Crippen molar-refractivity contribution in [1.82, 2.24) is 9.36 Å². The van der Waals surface area contributed by atoms with Crippen LogP contribution >= 0.6 is 47.2 Å². The van der Waals surface area contributed by atoms with Gasteiger partial charge in [0, 0.05) is 17.6 Å². The summed E-state index contributed by atoms with van der Waals surface area (Å²) in [4.78, 5) is 15.0. The lowest BCUT2D eigenvalue weighted by Crippen LogP contribution is -2.47. The highest BCUT2D eigenvalue weighted by atomic mass is 35.5. The molecule has 1 fully saturated rings. The summed E-state index contributed by atoms with van der Waals surface area (Å²) < 4.78 is 3.72. The number of benzene rings is 2. The molecule has 0 unspecified atom stereocenters. The molecule has 0 saturated carbocycles. The number of para-hydroxylation sites is 1. The van der Waals surface area contributed by atoms with E-state index in [2.05, 4.69) is 0 Å². The van der Waals surface area contributed by atoms with E-state index in [1.54, 1.807) is 34.6 Å². The molecule has 3 aromatic rings. The maximum absolute atomic E-state index is 13.5. The van der Waals surface area contributed by atoms with E-state index in [0.29, 0.717) is 31.3 Å². The number of thiocarbonyl (C=S) groups is 1. The minimum Gasteiger partial charge on any atom is -0.366 e. The molecule has 0 radical (unpaired) electrons. The number of nitrogens with zero attached hydrogens (tertiary/aromatic N) is 3. The summed E-state index contributed by atoms with van der Waals surface area (Å²) in [6, 6.07) is 14.2. The maximum atomic E-state index is 13.5. The van der Waals surface area contributed by atoms with Crippen LogP contribution in [0.5, 0.6) is 0 Å². The van der Waals surface area contributed by atoms with Crippen molar-refractivity contribution in [3.8, 4) is 5.69 Å². The van der Waals surface area contributed by atoms with E-state index in [1.165, 1.54) is 16.7 Å². The van der Waals surface area contributed by atoms with Crippen molar-refractivity contribution in [3.63, 3.8) is 0 Å². The van der Waals surface area contributed by atoms with Crippen molar-refractivity contribution in [3.05, 3.63) is 80.2 Å². The quantitative estimate of drug-likeness (QED) is 0.578. The number of halogens is 2. The fourth-order valence-corrected chi connectivity index (χ4v) is 5.50. The first-order chi connectivity index (χ1) is 13.8. The Hall–Kier alpha value is -1.77. The average molecular weight is 466 g/mol. The normalized spacial score (nSPS) is 19.2. The molecule has 1 atom stereocenters. The van der Waals surface area contributed by atoms with Gasteiger partial charge in [0.25, 0.3) is 5.56 Å². The summed E-state index contributed by atoms with van der Waals surface area (Å²) in [5, 5.41) is 12.4. The highest BCUT2D eigenvalue weighted by Gasteiger charge is 2.48. The molecule has 150 valence electrons. The van der Waals surface area contributed by atoms with Crippen molar-refractivity contribution in [1.29, 1.82) is 0 Å². The van der Waals surface area contributed by atoms with Crippen LogP contribution in [0.2, 0.25) is 10.0 Å². The zero-order valence-electron chi connectivity index (χ0n) is 15.6. The van der Waals surface area contributed by atoms with Crippen LogP contribution in [0.4, 0.5) is 5.69 Å². The lowest BCUT2D eigenvalue weighted by atomic mass is 10.0. The molecule has 9 heteroatoms. The van der Waals surface area contributed by atoms with Gasteiger partial charge in [0.2, 0.25) is 0 Å². The fraction of sp³-hybridized carbons (Fsp3) is 0.200. The third-order valence-electron chi connectivity index (χ3n) is 5.06. The van der Waals surface area contributed by atoms with E-state index in [4.69, 9.17) is 35.4 Å². The zero-order valence-corrected chi connectivity index (χ0v) is 18.7. The largest absolute Gasteiger partial charge is 0.366 e. The van der Waals surface area contributed by atoms with Gasteiger partial charge in [-0.15, -0.1) is 0 Å². The smallest absolute Gasteiger partial charge is 0.295 e. The Balaban J connectivity index is 1.94. The summed E-state index contributed by atoms with van der Waals surface area (Å²) in [5.74, 6) is 0.242. The second-order valence-electron chi connectivity index (χ2n) is 6.74. The van der Waals surface area contributed by atoms with Crippen LogP contribution in [0.15, 0.2) is 53.3 Å². The molecule has 4 rings (SSSR count). The molecule has 1 aliphatic rings. The molecule has 0 amide bonds. The van der Waals surface area contributed by atoms with Crippen LogP contribution in [0, 0.1) is 6.92 Å². The van der Waals surface area contributed by atoms with Gasteiger partial charge in [0.15, 0.2) is 5.72 Å². The minimum absolute atomic E-state index is 0.242. The molecule has 1 N–H and O–H groups in total. The van der Waals surface area contributed by atoms with Gasteiger partial charge in [-0.1, -0.05) is 71.4 Å². The van der Waals surface area contributed by atoms with E-state index in [0.717, 1.165) is 5.69 Å². The Labute approximate surface area is 187 Å². The van der Waals surface area contributed by atoms with E-state index in [-0.39, 0.29) is 11.3 Å². The number of thioether (sulfide) groups is 1. The lowest BCUT2D eigenvalue weighted by Gasteiger charge is -2.34. The average Bonchev–Trinajstić information content (AvgIpc) is 3.09. The van der Waals surface area contributed by atoms with E-state index < -0.39 is 5.72 Å². The Morgan fingerprint density at radius 1 is 1.17 bits per heavy atom. The summed E-state index contributed by atoms with van der Waals surface area (Å²) in [7, 11) is 1.80. The third kappa shape index (κ3) is 3.21. The summed E-state index contributed by atoms with van der Waals surface area (Å²) >= 11 is 19.3. The minimum atomic E-state index is -1.57. The summed E-state index contributed by atoms with van der Waals surface area (Å²) in [6.07, 6.45) is 0. The first-order valence-corrected chi connectivity index (χ1v) is 10.9. The maximum Gasteiger partial charge on any atom is 0.295 e. The van der Waals surface area contributed by atoms with Crippen LogP contribution in [-0.4, -0.2) is 24.5 Å². The lowest BCUT2D eigenvalue weighted by molar-refractivity contribution is 0.0770. The van der Waals surface area contributed by atoms with Crippen LogP contribution in [0.1, 0.15) is 11.3 Å². The van der Waals surface area contributed by atoms with Gasteiger partial charge < -0.3 is 5.11 Å². The standard InChI is InChI=1S/C20H17Cl2N3O2S2/c1-12-17(18(26)25(23(12)2)14-6-4-3-5-7-14)24-19(28)29-11-20(24,27)15-9-8-13(21)10-16(15)22/h3-10,27H,11H2,1-2H3/t20-/m1/s1. The van der Waals surface area contributed by atoms with Gasteiger partial charge in [0.1, 0.15) is 10.0 Å². The van der Waals surface area contributed by atoms with Crippen LogP contribution < -0.4 is 10.5 Å². The van der Waals surface area contributed by atoms with E-state index in [9.17, 15) is 9.90 Å². The monoisotopic (exact) mass is 465 g/mol. The predicted molar refractivity (Wildman–Crippen MR) is 124 cm³/mol. The second kappa shape index (κ2) is 7.49.